The van der Waals surface area contributed by atoms with Gasteiger partial charge in [0.2, 0.25) is 0 Å². The van der Waals surface area contributed by atoms with E-state index in [0.717, 1.165) is 0 Å². The molecule has 1 aliphatic heterocycles. The minimum absolute atomic E-state index is 0.133. The summed E-state index contributed by atoms with van der Waals surface area (Å²) in [4.78, 5) is 23.6. The fraction of sp³-hybridized carbons (Fsp3) is 0.538. The molecule has 0 bridgehead atoms. The van der Waals surface area contributed by atoms with Gasteiger partial charge in [-0.1, -0.05) is 0 Å². The summed E-state index contributed by atoms with van der Waals surface area (Å²) in [5, 5.41) is 19.9. The number of aromatic nitrogens is 4. The molecule has 2 aromatic rings. The van der Waals surface area contributed by atoms with E-state index in [1.165, 1.54) is 24.3 Å². The SMILES string of the molecule is COC(=O)CO[C@]1(n2cnc3c(N)ncnc32)CO[C@H](CO)[C@H]1O. The van der Waals surface area contributed by atoms with E-state index >= 15 is 0 Å². The first kappa shape index (κ1) is 16.5. The van der Waals surface area contributed by atoms with Crippen LogP contribution in [0.5, 0.6) is 0 Å². The summed E-state index contributed by atoms with van der Waals surface area (Å²) in [5.74, 6) is -0.471. The summed E-state index contributed by atoms with van der Waals surface area (Å²) in [6, 6.07) is 0. The van der Waals surface area contributed by atoms with Crippen molar-refractivity contribution in [1.29, 1.82) is 0 Å². The van der Waals surface area contributed by atoms with Crippen LogP contribution in [0.25, 0.3) is 11.2 Å². The number of carbonyl (C=O) groups is 1. The summed E-state index contributed by atoms with van der Waals surface area (Å²) >= 11 is 0. The molecule has 2 aromatic heterocycles. The second-order valence-corrected chi connectivity index (χ2v) is 5.23. The van der Waals surface area contributed by atoms with E-state index < -0.39 is 37.1 Å². The molecule has 0 spiro atoms. The van der Waals surface area contributed by atoms with Crippen molar-refractivity contribution < 1.29 is 29.2 Å². The van der Waals surface area contributed by atoms with Gasteiger partial charge in [-0.25, -0.2) is 19.7 Å². The predicted octanol–water partition coefficient (Wildman–Crippen LogP) is -2.00. The van der Waals surface area contributed by atoms with Crippen molar-refractivity contribution in [2.45, 2.75) is 17.9 Å². The highest BCUT2D eigenvalue weighted by molar-refractivity contribution is 5.81. The van der Waals surface area contributed by atoms with Crippen molar-refractivity contribution in [3.05, 3.63) is 12.7 Å². The number of hydrogen-bond donors (Lipinski definition) is 3. The average Bonchev–Trinajstić information content (AvgIpc) is 3.16. The monoisotopic (exact) mass is 339 g/mol. The average molecular weight is 339 g/mol. The Morgan fingerprint density at radius 1 is 1.54 bits per heavy atom. The lowest BCUT2D eigenvalue weighted by Crippen LogP contribution is -2.50. The highest BCUT2D eigenvalue weighted by Crippen LogP contribution is 2.35. The van der Waals surface area contributed by atoms with Crippen LogP contribution in [0.3, 0.4) is 0 Å². The number of methoxy groups -OCH3 is 1. The topological polar surface area (TPSA) is 155 Å². The van der Waals surface area contributed by atoms with Crippen molar-refractivity contribution in [3.8, 4) is 0 Å². The normalized spacial score (nSPS) is 26.8. The Morgan fingerprint density at radius 3 is 3.00 bits per heavy atom. The van der Waals surface area contributed by atoms with Gasteiger partial charge in [-0.3, -0.25) is 4.57 Å². The molecule has 0 unspecified atom stereocenters. The number of nitrogens with two attached hydrogens (primary N) is 1. The zero-order chi connectivity index (χ0) is 17.3. The fourth-order valence-electron chi connectivity index (χ4n) is 2.63. The van der Waals surface area contributed by atoms with Gasteiger partial charge in [-0.05, 0) is 0 Å². The second kappa shape index (κ2) is 6.28. The van der Waals surface area contributed by atoms with Gasteiger partial charge >= 0.3 is 5.97 Å². The van der Waals surface area contributed by atoms with E-state index in [2.05, 4.69) is 19.7 Å². The molecule has 3 heterocycles. The van der Waals surface area contributed by atoms with Crippen molar-refractivity contribution in [1.82, 2.24) is 19.5 Å². The second-order valence-electron chi connectivity index (χ2n) is 5.23. The lowest BCUT2D eigenvalue weighted by molar-refractivity contribution is -0.179. The summed E-state index contributed by atoms with van der Waals surface area (Å²) in [7, 11) is 1.22. The predicted molar refractivity (Wildman–Crippen MR) is 78.5 cm³/mol. The molecule has 0 aliphatic carbocycles. The summed E-state index contributed by atoms with van der Waals surface area (Å²) in [6.07, 6.45) is 0.439. The van der Waals surface area contributed by atoms with E-state index in [-0.39, 0.29) is 12.4 Å². The van der Waals surface area contributed by atoms with Crippen LogP contribution in [-0.4, -0.2) is 74.8 Å². The third-order valence-corrected chi connectivity index (χ3v) is 3.94. The third kappa shape index (κ3) is 2.47. The smallest absolute Gasteiger partial charge is 0.331 e. The van der Waals surface area contributed by atoms with Crippen LogP contribution in [0.15, 0.2) is 12.7 Å². The van der Waals surface area contributed by atoms with Gasteiger partial charge in [0.1, 0.15) is 30.7 Å². The molecule has 11 nitrogen and oxygen atoms in total. The number of esters is 1. The number of nitrogen functional groups attached to an aromatic ring is 1. The molecule has 1 saturated heterocycles. The number of nitrogens with zero attached hydrogens (tertiary/aromatic N) is 4. The Kier molecular flexibility index (Phi) is 4.32. The molecule has 0 amide bonds. The van der Waals surface area contributed by atoms with Crippen molar-refractivity contribution >= 4 is 23.0 Å². The third-order valence-electron chi connectivity index (χ3n) is 3.94. The molecule has 0 saturated carbocycles. The number of imidazole rings is 1. The lowest BCUT2D eigenvalue weighted by atomic mass is 10.1. The zero-order valence-corrected chi connectivity index (χ0v) is 12.8. The number of ether oxygens (including phenoxy) is 3. The quantitative estimate of drug-likeness (QED) is 0.521. The van der Waals surface area contributed by atoms with Crippen LogP contribution in [0.2, 0.25) is 0 Å². The van der Waals surface area contributed by atoms with Crippen LogP contribution >= 0.6 is 0 Å². The molecular formula is C13H17N5O6. The Morgan fingerprint density at radius 2 is 2.33 bits per heavy atom. The molecule has 1 aliphatic rings. The van der Waals surface area contributed by atoms with Gasteiger partial charge in [-0.15, -0.1) is 0 Å². The summed E-state index contributed by atoms with van der Waals surface area (Å²) < 4.78 is 17.0. The molecule has 11 heteroatoms. The largest absolute Gasteiger partial charge is 0.467 e. The standard InChI is InChI=1S/C13H17N5O6/c1-22-8(20)3-24-13(4-23-7(2-19)10(13)21)18-6-17-9-11(14)15-5-16-12(9)18/h5-7,10,19,21H,2-4H2,1H3,(H2,14,15,16)/t7-,10-,13-/m1/s1. The van der Waals surface area contributed by atoms with Gasteiger partial charge in [0, 0.05) is 0 Å². The van der Waals surface area contributed by atoms with E-state index in [1.54, 1.807) is 0 Å². The minimum atomic E-state index is -1.52. The van der Waals surface area contributed by atoms with E-state index in [0.29, 0.717) is 11.2 Å². The Labute approximate surface area is 136 Å². The maximum atomic E-state index is 11.5. The molecule has 1 fully saturated rings. The zero-order valence-electron chi connectivity index (χ0n) is 12.8. The summed E-state index contributed by atoms with van der Waals surface area (Å²) in [5.41, 5.74) is 4.87. The molecule has 0 aromatic carbocycles. The van der Waals surface area contributed by atoms with Gasteiger partial charge < -0.3 is 30.2 Å². The van der Waals surface area contributed by atoms with Crippen molar-refractivity contribution in [2.75, 3.05) is 32.7 Å². The number of fused-ring (bicyclic) bond motifs is 1. The van der Waals surface area contributed by atoms with E-state index in [9.17, 15) is 15.0 Å². The maximum Gasteiger partial charge on any atom is 0.331 e. The van der Waals surface area contributed by atoms with Crippen molar-refractivity contribution in [2.24, 2.45) is 0 Å². The number of hydrogen-bond acceptors (Lipinski definition) is 10. The molecule has 130 valence electrons. The maximum absolute atomic E-state index is 11.5. The van der Waals surface area contributed by atoms with Gasteiger partial charge in [0.05, 0.1) is 26.7 Å². The van der Waals surface area contributed by atoms with Crippen LogP contribution in [-0.2, 0) is 24.7 Å². The number of aliphatic hydroxyl groups is 2. The Bertz CT molecular complexity index is 752. The van der Waals surface area contributed by atoms with Crippen LogP contribution in [0, 0.1) is 0 Å². The minimum Gasteiger partial charge on any atom is -0.467 e. The highest BCUT2D eigenvalue weighted by atomic mass is 16.6. The highest BCUT2D eigenvalue weighted by Gasteiger charge is 2.53. The molecule has 24 heavy (non-hydrogen) atoms. The first-order valence-electron chi connectivity index (χ1n) is 7.08. The number of carbonyl (C=O) groups excluding carboxylic acids is 1. The number of anilines is 1. The number of aliphatic hydroxyl groups excluding tert-OH is 2. The summed E-state index contributed by atoms with van der Waals surface area (Å²) in [6.45, 7) is -0.991. The van der Waals surface area contributed by atoms with Crippen molar-refractivity contribution in [3.63, 3.8) is 0 Å². The fourth-order valence-corrected chi connectivity index (χ4v) is 2.63. The van der Waals surface area contributed by atoms with Gasteiger partial charge in [-0.2, -0.15) is 0 Å². The lowest BCUT2D eigenvalue weighted by Gasteiger charge is -2.32. The van der Waals surface area contributed by atoms with Crippen LogP contribution in [0.1, 0.15) is 0 Å². The molecule has 4 N–H and O–H groups in total. The molecule has 3 atom stereocenters. The van der Waals surface area contributed by atoms with E-state index in [1.807, 2.05) is 0 Å². The first-order chi connectivity index (χ1) is 11.5. The van der Waals surface area contributed by atoms with Gasteiger partial charge in [0.25, 0.3) is 0 Å². The van der Waals surface area contributed by atoms with Gasteiger partial charge in [0.15, 0.2) is 17.2 Å². The van der Waals surface area contributed by atoms with Crippen LogP contribution < -0.4 is 5.73 Å². The first-order valence-corrected chi connectivity index (χ1v) is 7.08. The Hall–Kier alpha value is -2.34. The Balaban J connectivity index is 2.07. The van der Waals surface area contributed by atoms with E-state index in [4.69, 9.17) is 15.2 Å². The molecule has 3 rings (SSSR count). The number of rotatable bonds is 5. The van der Waals surface area contributed by atoms with Crippen LogP contribution in [0.4, 0.5) is 5.82 Å². The molecule has 0 radical (unpaired) electrons. The molecular weight excluding hydrogens is 322 g/mol.